The van der Waals surface area contributed by atoms with E-state index >= 15 is 0 Å². The fraction of sp³-hybridized carbons (Fsp3) is 0.600. The molecule has 1 atom stereocenters. The van der Waals surface area contributed by atoms with Crippen molar-refractivity contribution in [3.63, 3.8) is 0 Å². The Bertz CT molecular complexity index is 862. The van der Waals surface area contributed by atoms with Crippen LogP contribution in [0.3, 0.4) is 0 Å². The summed E-state index contributed by atoms with van der Waals surface area (Å²) in [6.07, 6.45) is 10.8. The lowest BCUT2D eigenvalue weighted by Crippen LogP contribution is -2.63. The maximum atomic E-state index is 13.0. The van der Waals surface area contributed by atoms with E-state index in [1.807, 2.05) is 22.6 Å². The molecule has 5 heteroatoms. The number of benzene rings is 1. The molecule has 2 aliphatic heterocycles. The normalized spacial score (nSPS) is 24.7. The Kier molecular flexibility index (Phi) is 5.40. The Hall–Kier alpha value is -2.14. The zero-order valence-electron chi connectivity index (χ0n) is 18.2. The number of rotatable bonds is 4. The van der Waals surface area contributed by atoms with Crippen LogP contribution in [0.4, 0.5) is 0 Å². The molecule has 1 amide bonds. The number of aromatic nitrogens is 2. The van der Waals surface area contributed by atoms with E-state index in [1.165, 1.54) is 44.2 Å². The highest BCUT2D eigenvalue weighted by Crippen LogP contribution is 2.58. The summed E-state index contributed by atoms with van der Waals surface area (Å²) in [5.74, 6) is 0.139. The Morgan fingerprint density at radius 3 is 2.50 bits per heavy atom. The molecule has 5 rings (SSSR count). The van der Waals surface area contributed by atoms with Crippen LogP contribution < -0.4 is 0 Å². The number of carbonyl (C=O) groups is 1. The lowest BCUT2D eigenvalue weighted by molar-refractivity contribution is -0.132. The molecule has 1 aromatic carbocycles. The van der Waals surface area contributed by atoms with Gasteiger partial charge in [-0.25, -0.2) is 0 Å². The van der Waals surface area contributed by atoms with E-state index in [1.54, 1.807) is 6.20 Å². The monoisotopic (exact) mass is 406 g/mol. The highest BCUT2D eigenvalue weighted by Gasteiger charge is 2.54. The van der Waals surface area contributed by atoms with Crippen molar-refractivity contribution in [1.82, 2.24) is 19.6 Å². The Labute approximate surface area is 180 Å². The van der Waals surface area contributed by atoms with Gasteiger partial charge in [0.25, 0.3) is 5.91 Å². The quantitative estimate of drug-likeness (QED) is 0.750. The third kappa shape index (κ3) is 3.37. The minimum atomic E-state index is 0.139. The molecule has 2 saturated heterocycles. The van der Waals surface area contributed by atoms with Gasteiger partial charge in [0.05, 0.1) is 0 Å². The standard InChI is InChI=1S/C25H34N4O/c1-2-29-22(11-16-26-29)24(30)27-17-12-21(13-18-27)28-19-25(14-7-4-8-15-25)23(28)20-9-5-3-6-10-20/h3,5-6,9-11,16,21,23H,2,4,7-8,12-15,17-19H2,1H3. The van der Waals surface area contributed by atoms with Crippen LogP contribution in [-0.4, -0.2) is 51.2 Å². The van der Waals surface area contributed by atoms with Crippen molar-refractivity contribution in [2.75, 3.05) is 19.6 Å². The van der Waals surface area contributed by atoms with Crippen LogP contribution in [0.15, 0.2) is 42.6 Å². The second-order valence-corrected chi connectivity index (χ2v) is 9.46. The average molecular weight is 407 g/mol. The van der Waals surface area contributed by atoms with Crippen molar-refractivity contribution in [3.8, 4) is 0 Å². The Morgan fingerprint density at radius 1 is 1.07 bits per heavy atom. The molecule has 160 valence electrons. The molecule has 1 unspecified atom stereocenters. The van der Waals surface area contributed by atoms with Crippen LogP contribution in [0.2, 0.25) is 0 Å². The summed E-state index contributed by atoms with van der Waals surface area (Å²) in [5.41, 5.74) is 2.71. The van der Waals surface area contributed by atoms with E-state index in [2.05, 4.69) is 40.3 Å². The van der Waals surface area contributed by atoms with Gasteiger partial charge in [-0.3, -0.25) is 14.4 Å². The summed E-state index contributed by atoms with van der Waals surface area (Å²) in [6.45, 7) is 5.71. The second-order valence-electron chi connectivity index (χ2n) is 9.46. The number of hydrogen-bond donors (Lipinski definition) is 0. The summed E-state index contributed by atoms with van der Waals surface area (Å²) in [4.78, 5) is 17.8. The SMILES string of the molecule is CCn1nccc1C(=O)N1CCC(N2CC3(CCCCC3)C2c2ccccc2)CC1. The van der Waals surface area contributed by atoms with Gasteiger partial charge in [0.2, 0.25) is 0 Å². The first-order valence-corrected chi connectivity index (χ1v) is 11.8. The summed E-state index contributed by atoms with van der Waals surface area (Å²) in [7, 11) is 0. The lowest BCUT2D eigenvalue weighted by Gasteiger charge is -2.63. The largest absolute Gasteiger partial charge is 0.337 e. The fourth-order valence-corrected chi connectivity index (χ4v) is 6.32. The predicted octanol–water partition coefficient (Wildman–Crippen LogP) is 4.52. The molecule has 3 heterocycles. The van der Waals surface area contributed by atoms with E-state index in [-0.39, 0.29) is 5.91 Å². The molecule has 30 heavy (non-hydrogen) atoms. The zero-order valence-corrected chi connectivity index (χ0v) is 18.2. The van der Waals surface area contributed by atoms with Gasteiger partial charge in [0.15, 0.2) is 0 Å². The smallest absolute Gasteiger partial charge is 0.272 e. The van der Waals surface area contributed by atoms with E-state index in [4.69, 9.17) is 0 Å². The summed E-state index contributed by atoms with van der Waals surface area (Å²) in [5, 5.41) is 4.27. The first-order chi connectivity index (χ1) is 14.7. The lowest BCUT2D eigenvalue weighted by atomic mass is 9.60. The van der Waals surface area contributed by atoms with Gasteiger partial charge in [-0.15, -0.1) is 0 Å². The topological polar surface area (TPSA) is 41.4 Å². The van der Waals surface area contributed by atoms with E-state index in [0.717, 1.165) is 38.2 Å². The molecule has 3 fully saturated rings. The van der Waals surface area contributed by atoms with Crippen molar-refractivity contribution in [2.45, 2.75) is 70.5 Å². The van der Waals surface area contributed by atoms with E-state index < -0.39 is 0 Å². The Morgan fingerprint density at radius 2 is 1.80 bits per heavy atom. The molecule has 1 aliphatic carbocycles. The molecular formula is C25H34N4O. The fourth-order valence-electron chi connectivity index (χ4n) is 6.32. The molecule has 0 N–H and O–H groups in total. The van der Waals surface area contributed by atoms with E-state index in [0.29, 0.717) is 17.5 Å². The number of amides is 1. The molecule has 1 saturated carbocycles. The molecule has 1 spiro atoms. The zero-order chi connectivity index (χ0) is 20.6. The van der Waals surface area contributed by atoms with Crippen molar-refractivity contribution in [3.05, 3.63) is 53.9 Å². The number of piperidine rings is 1. The average Bonchev–Trinajstić information content (AvgIpc) is 3.27. The highest BCUT2D eigenvalue weighted by atomic mass is 16.2. The van der Waals surface area contributed by atoms with Crippen LogP contribution in [0.25, 0.3) is 0 Å². The minimum absolute atomic E-state index is 0.139. The highest BCUT2D eigenvalue weighted by molar-refractivity contribution is 5.92. The second kappa shape index (κ2) is 8.18. The van der Waals surface area contributed by atoms with Crippen LogP contribution in [0, 0.1) is 5.41 Å². The molecular weight excluding hydrogens is 372 g/mol. The van der Waals surface area contributed by atoms with Crippen molar-refractivity contribution < 1.29 is 4.79 Å². The van der Waals surface area contributed by atoms with Gasteiger partial charge < -0.3 is 4.90 Å². The molecule has 5 nitrogen and oxygen atoms in total. The minimum Gasteiger partial charge on any atom is -0.337 e. The van der Waals surface area contributed by atoms with Crippen LogP contribution in [0.5, 0.6) is 0 Å². The van der Waals surface area contributed by atoms with Gasteiger partial charge in [-0.1, -0.05) is 49.6 Å². The summed E-state index contributed by atoms with van der Waals surface area (Å²) < 4.78 is 1.81. The number of likely N-dealkylation sites (tertiary alicyclic amines) is 2. The maximum Gasteiger partial charge on any atom is 0.272 e. The first kappa shape index (κ1) is 19.8. The summed E-state index contributed by atoms with van der Waals surface area (Å²) >= 11 is 0. The summed E-state index contributed by atoms with van der Waals surface area (Å²) in [6, 6.07) is 14.2. The van der Waals surface area contributed by atoms with Gasteiger partial charge in [-0.2, -0.15) is 5.10 Å². The van der Waals surface area contributed by atoms with Crippen LogP contribution in [0.1, 0.15) is 74.0 Å². The molecule has 2 aromatic rings. The number of aryl methyl sites for hydroxylation is 1. The number of nitrogens with zero attached hydrogens (tertiary/aromatic N) is 4. The third-order valence-electron chi connectivity index (χ3n) is 7.83. The van der Waals surface area contributed by atoms with Crippen molar-refractivity contribution in [2.24, 2.45) is 5.41 Å². The molecule has 0 radical (unpaired) electrons. The van der Waals surface area contributed by atoms with Gasteiger partial charge in [0, 0.05) is 49.9 Å². The van der Waals surface area contributed by atoms with Gasteiger partial charge >= 0.3 is 0 Å². The van der Waals surface area contributed by atoms with Crippen molar-refractivity contribution >= 4 is 5.91 Å². The Balaban J connectivity index is 1.28. The van der Waals surface area contributed by atoms with Crippen LogP contribution >= 0.6 is 0 Å². The molecule has 0 bridgehead atoms. The maximum absolute atomic E-state index is 13.0. The van der Waals surface area contributed by atoms with E-state index in [9.17, 15) is 4.79 Å². The van der Waals surface area contributed by atoms with Crippen LogP contribution in [-0.2, 0) is 6.54 Å². The third-order valence-corrected chi connectivity index (χ3v) is 7.83. The first-order valence-electron chi connectivity index (χ1n) is 11.8. The van der Waals surface area contributed by atoms with Crippen molar-refractivity contribution in [1.29, 1.82) is 0 Å². The number of carbonyl (C=O) groups excluding carboxylic acids is 1. The van der Waals surface area contributed by atoms with Gasteiger partial charge in [0.1, 0.15) is 5.69 Å². The van der Waals surface area contributed by atoms with Gasteiger partial charge in [-0.05, 0) is 44.2 Å². The molecule has 1 aromatic heterocycles. The number of hydrogen-bond acceptors (Lipinski definition) is 3. The predicted molar refractivity (Wildman–Crippen MR) is 118 cm³/mol. The molecule has 3 aliphatic rings.